The van der Waals surface area contributed by atoms with Gasteiger partial charge in [-0.1, -0.05) is 0 Å². The van der Waals surface area contributed by atoms with Crippen LogP contribution in [-0.2, 0) is 20.8 Å². The van der Waals surface area contributed by atoms with E-state index in [1.54, 1.807) is 0 Å². The maximum Gasteiger partial charge on any atom is 0.326 e. The second-order valence-corrected chi connectivity index (χ2v) is 6.47. The molecule has 27 heavy (non-hydrogen) atoms. The molecule has 1 aliphatic rings. The number of nitrogens with two attached hydrogens (primary N) is 1. The van der Waals surface area contributed by atoms with Gasteiger partial charge in [-0.3, -0.25) is 9.59 Å². The van der Waals surface area contributed by atoms with Crippen molar-refractivity contribution in [1.82, 2.24) is 15.3 Å². The van der Waals surface area contributed by atoms with Gasteiger partial charge in [0.1, 0.15) is 11.9 Å². The van der Waals surface area contributed by atoms with Crippen LogP contribution in [0.4, 0.5) is 11.8 Å². The maximum absolute atomic E-state index is 11.9. The summed E-state index contributed by atoms with van der Waals surface area (Å²) in [4.78, 5) is 41.3. The van der Waals surface area contributed by atoms with Crippen LogP contribution in [0.3, 0.4) is 0 Å². The quantitative estimate of drug-likeness (QED) is 0.338. The number of hydrogen-bond donors (Lipinski definition) is 6. The SMILES string of the molecule is Nc1nc(O)c2c(n1)NC[C@H](CCCC(=O)N[C@@H](CCC(=O)O)C(=O)O)C2. The van der Waals surface area contributed by atoms with E-state index in [-0.39, 0.29) is 37.0 Å². The lowest BCUT2D eigenvalue weighted by Crippen LogP contribution is -2.41. The third kappa shape index (κ3) is 5.97. The Balaban J connectivity index is 1.78. The van der Waals surface area contributed by atoms with Gasteiger partial charge in [-0.25, -0.2) is 4.79 Å². The predicted molar refractivity (Wildman–Crippen MR) is 94.1 cm³/mol. The summed E-state index contributed by atoms with van der Waals surface area (Å²) in [5.41, 5.74) is 6.08. The van der Waals surface area contributed by atoms with Crippen LogP contribution in [0.2, 0.25) is 0 Å². The number of aromatic nitrogens is 2. The number of hydrogen-bond acceptors (Lipinski definition) is 8. The molecule has 0 radical (unpaired) electrons. The monoisotopic (exact) mass is 381 g/mol. The number of nitrogen functional groups attached to an aromatic ring is 1. The van der Waals surface area contributed by atoms with E-state index in [1.165, 1.54) is 0 Å². The molecule has 0 bridgehead atoms. The molecule has 2 atom stereocenters. The molecule has 1 aromatic heterocycles. The highest BCUT2D eigenvalue weighted by atomic mass is 16.4. The fraction of sp³-hybridized carbons (Fsp3) is 0.562. The van der Waals surface area contributed by atoms with Crippen LogP contribution in [0.5, 0.6) is 5.88 Å². The average molecular weight is 381 g/mol. The Bertz CT molecular complexity index is 725. The van der Waals surface area contributed by atoms with Crippen molar-refractivity contribution in [1.29, 1.82) is 0 Å². The Morgan fingerprint density at radius 2 is 2.00 bits per heavy atom. The van der Waals surface area contributed by atoms with E-state index in [9.17, 15) is 19.5 Å². The number of carboxylic acid groups (broad SMARTS) is 2. The molecule has 0 spiro atoms. The molecule has 0 saturated carbocycles. The van der Waals surface area contributed by atoms with Crippen LogP contribution in [0.15, 0.2) is 0 Å². The van der Waals surface area contributed by atoms with Gasteiger partial charge in [0.25, 0.3) is 0 Å². The molecular weight excluding hydrogens is 358 g/mol. The summed E-state index contributed by atoms with van der Waals surface area (Å²) < 4.78 is 0. The molecule has 0 unspecified atom stereocenters. The smallest absolute Gasteiger partial charge is 0.326 e. The third-order valence-corrected chi connectivity index (χ3v) is 4.35. The van der Waals surface area contributed by atoms with Crippen LogP contribution in [-0.4, -0.2) is 55.7 Å². The zero-order valence-electron chi connectivity index (χ0n) is 14.6. The summed E-state index contributed by atoms with van der Waals surface area (Å²) in [6, 6.07) is -1.21. The van der Waals surface area contributed by atoms with Gasteiger partial charge in [-0.15, -0.1) is 0 Å². The van der Waals surface area contributed by atoms with E-state index >= 15 is 0 Å². The minimum atomic E-state index is -1.26. The fourth-order valence-electron chi connectivity index (χ4n) is 2.97. The normalized spacial score (nSPS) is 16.7. The van der Waals surface area contributed by atoms with Gasteiger partial charge in [0, 0.05) is 19.4 Å². The highest BCUT2D eigenvalue weighted by Gasteiger charge is 2.24. The Morgan fingerprint density at radius 1 is 1.26 bits per heavy atom. The van der Waals surface area contributed by atoms with Crippen molar-refractivity contribution in [3.8, 4) is 5.88 Å². The number of aliphatic carboxylic acids is 2. The Labute approximate surface area is 155 Å². The van der Waals surface area contributed by atoms with Crippen molar-refractivity contribution in [2.24, 2.45) is 5.92 Å². The van der Waals surface area contributed by atoms with E-state index in [4.69, 9.17) is 15.9 Å². The zero-order chi connectivity index (χ0) is 20.0. The standard InChI is InChI=1S/C16H23N5O6/c17-16-20-13-9(14(25)21-16)6-8(7-18-13)2-1-3-11(22)19-10(15(26)27)4-5-12(23)24/h8,10H,1-7H2,(H,19,22)(H,23,24)(H,26,27)(H4,17,18,20,21,25)/t8-,10+/m1/s1. The first-order chi connectivity index (χ1) is 12.8. The number of carbonyl (C=O) groups excluding carboxylic acids is 1. The van der Waals surface area contributed by atoms with Gasteiger partial charge in [-0.2, -0.15) is 9.97 Å². The lowest BCUT2D eigenvalue weighted by atomic mass is 9.91. The van der Waals surface area contributed by atoms with Crippen LogP contribution >= 0.6 is 0 Å². The number of fused-ring (bicyclic) bond motifs is 1. The second-order valence-electron chi connectivity index (χ2n) is 6.47. The molecular formula is C16H23N5O6. The summed E-state index contributed by atoms with van der Waals surface area (Å²) in [6.07, 6.45) is 1.38. The maximum atomic E-state index is 11.9. The van der Waals surface area contributed by atoms with E-state index in [1.807, 2.05) is 0 Å². The van der Waals surface area contributed by atoms with Crippen LogP contribution in [0.25, 0.3) is 0 Å². The van der Waals surface area contributed by atoms with E-state index in [0.29, 0.717) is 37.2 Å². The first-order valence-electron chi connectivity index (χ1n) is 8.59. The molecule has 0 fully saturated rings. The van der Waals surface area contributed by atoms with Gasteiger partial charge >= 0.3 is 11.9 Å². The number of carboxylic acids is 2. The summed E-state index contributed by atoms with van der Waals surface area (Å²) >= 11 is 0. The number of rotatable bonds is 9. The molecule has 11 nitrogen and oxygen atoms in total. The molecule has 148 valence electrons. The van der Waals surface area contributed by atoms with E-state index in [2.05, 4.69) is 20.6 Å². The van der Waals surface area contributed by atoms with Gasteiger partial charge in [0.2, 0.25) is 17.7 Å². The van der Waals surface area contributed by atoms with Crippen molar-refractivity contribution in [2.45, 2.75) is 44.6 Å². The Hall–Kier alpha value is -3.11. The number of nitrogens with one attached hydrogen (secondary N) is 2. The second kappa shape index (κ2) is 9.01. The molecule has 1 amide bonds. The number of aromatic hydroxyl groups is 1. The van der Waals surface area contributed by atoms with Crippen LogP contribution in [0, 0.1) is 5.92 Å². The van der Waals surface area contributed by atoms with Gasteiger partial charge in [-0.05, 0) is 31.6 Å². The van der Waals surface area contributed by atoms with Crippen molar-refractivity contribution in [3.05, 3.63) is 5.56 Å². The lowest BCUT2D eigenvalue weighted by molar-refractivity contribution is -0.143. The summed E-state index contributed by atoms with van der Waals surface area (Å²) in [6.45, 7) is 0.612. The van der Waals surface area contributed by atoms with Crippen molar-refractivity contribution >= 4 is 29.6 Å². The van der Waals surface area contributed by atoms with Crippen molar-refractivity contribution in [3.63, 3.8) is 0 Å². The van der Waals surface area contributed by atoms with Crippen molar-refractivity contribution in [2.75, 3.05) is 17.6 Å². The number of carbonyl (C=O) groups is 3. The molecule has 1 aromatic rings. The Kier molecular flexibility index (Phi) is 6.74. The number of anilines is 2. The number of amides is 1. The summed E-state index contributed by atoms with van der Waals surface area (Å²) in [5.74, 6) is -2.31. The first kappa shape index (κ1) is 20.2. The molecule has 0 saturated heterocycles. The molecule has 0 aliphatic carbocycles. The predicted octanol–water partition coefficient (Wildman–Crippen LogP) is -0.0469. The third-order valence-electron chi connectivity index (χ3n) is 4.35. The first-order valence-corrected chi connectivity index (χ1v) is 8.59. The highest BCUT2D eigenvalue weighted by Crippen LogP contribution is 2.31. The average Bonchev–Trinajstić information content (AvgIpc) is 2.58. The fourth-order valence-corrected chi connectivity index (χ4v) is 2.97. The van der Waals surface area contributed by atoms with E-state index < -0.39 is 23.9 Å². The van der Waals surface area contributed by atoms with Crippen LogP contribution in [0.1, 0.15) is 37.7 Å². The molecule has 11 heteroatoms. The largest absolute Gasteiger partial charge is 0.493 e. The van der Waals surface area contributed by atoms with Crippen LogP contribution < -0.4 is 16.4 Å². The molecule has 2 heterocycles. The minimum absolute atomic E-state index is 0.00949. The molecule has 0 aromatic carbocycles. The minimum Gasteiger partial charge on any atom is -0.493 e. The van der Waals surface area contributed by atoms with Gasteiger partial charge in [0.05, 0.1) is 5.56 Å². The van der Waals surface area contributed by atoms with Gasteiger partial charge < -0.3 is 31.7 Å². The highest BCUT2D eigenvalue weighted by molar-refractivity contribution is 5.83. The van der Waals surface area contributed by atoms with E-state index in [0.717, 1.165) is 0 Å². The van der Waals surface area contributed by atoms with Crippen molar-refractivity contribution < 1.29 is 29.7 Å². The molecule has 7 N–H and O–H groups in total. The Morgan fingerprint density at radius 3 is 2.67 bits per heavy atom. The number of nitrogens with zero attached hydrogens (tertiary/aromatic N) is 2. The molecule has 2 rings (SSSR count). The summed E-state index contributed by atoms with van der Waals surface area (Å²) in [5, 5.41) is 33.0. The van der Waals surface area contributed by atoms with Gasteiger partial charge in [0.15, 0.2) is 0 Å². The molecule has 1 aliphatic heterocycles. The topological polar surface area (TPSA) is 188 Å². The summed E-state index contributed by atoms with van der Waals surface area (Å²) in [7, 11) is 0. The lowest BCUT2D eigenvalue weighted by Gasteiger charge is -2.25. The zero-order valence-corrected chi connectivity index (χ0v) is 14.6.